The van der Waals surface area contributed by atoms with Crippen LogP contribution in [0.1, 0.15) is 38.3 Å². The van der Waals surface area contributed by atoms with E-state index in [1.807, 2.05) is 0 Å². The van der Waals surface area contributed by atoms with E-state index >= 15 is 0 Å². The highest BCUT2D eigenvalue weighted by Crippen LogP contribution is 2.04. The van der Waals surface area contributed by atoms with E-state index in [1.54, 1.807) is 6.20 Å². The number of hydrogen-bond acceptors (Lipinski definition) is 3. The van der Waals surface area contributed by atoms with Crippen LogP contribution in [0.5, 0.6) is 5.75 Å². The average Bonchev–Trinajstić information content (AvgIpc) is 2.30. The third kappa shape index (κ3) is 4.06. The van der Waals surface area contributed by atoms with E-state index in [-0.39, 0.29) is 5.43 Å². The maximum Gasteiger partial charge on any atom is 0.223 e. The van der Waals surface area contributed by atoms with E-state index in [0.29, 0.717) is 18.9 Å². The number of hydrogen-bond donors (Lipinski definition) is 2. The van der Waals surface area contributed by atoms with Gasteiger partial charge in [-0.25, -0.2) is 0 Å². The Kier molecular flexibility index (Phi) is 5.64. The third-order valence-electron chi connectivity index (χ3n) is 2.41. The van der Waals surface area contributed by atoms with Crippen LogP contribution in [0.4, 0.5) is 0 Å². The molecule has 0 aliphatic rings. The van der Waals surface area contributed by atoms with Gasteiger partial charge in [0.25, 0.3) is 0 Å². The average molecular weight is 224 g/mol. The zero-order chi connectivity index (χ0) is 11.8. The first-order valence-electron chi connectivity index (χ1n) is 5.82. The number of pyridine rings is 1. The summed E-state index contributed by atoms with van der Waals surface area (Å²) < 4.78 is 5.40. The molecule has 0 aromatic carbocycles. The number of ether oxygens (including phenoxy) is 1. The molecule has 1 aromatic rings. The molecular weight excluding hydrogens is 204 g/mol. The highest BCUT2D eigenvalue weighted by molar-refractivity contribution is 5.20. The molecule has 0 saturated heterocycles. The van der Waals surface area contributed by atoms with Crippen molar-refractivity contribution in [1.82, 2.24) is 4.98 Å². The van der Waals surface area contributed by atoms with Gasteiger partial charge in [0.15, 0.2) is 5.75 Å². The van der Waals surface area contributed by atoms with E-state index in [0.717, 1.165) is 18.5 Å². The summed E-state index contributed by atoms with van der Waals surface area (Å²) in [6.45, 7) is 3.11. The predicted octanol–water partition coefficient (Wildman–Crippen LogP) is 1.79. The van der Waals surface area contributed by atoms with Gasteiger partial charge in [0, 0.05) is 24.5 Å². The van der Waals surface area contributed by atoms with E-state index in [1.165, 1.54) is 18.9 Å². The van der Waals surface area contributed by atoms with Gasteiger partial charge in [0.2, 0.25) is 5.43 Å². The highest BCUT2D eigenvalue weighted by Gasteiger charge is 2.01. The van der Waals surface area contributed by atoms with Crippen molar-refractivity contribution in [2.24, 2.45) is 5.73 Å². The number of aromatic amines is 1. The molecule has 0 bridgehead atoms. The Morgan fingerprint density at radius 3 is 2.81 bits per heavy atom. The molecule has 16 heavy (non-hydrogen) atoms. The van der Waals surface area contributed by atoms with Gasteiger partial charge in [-0.3, -0.25) is 4.79 Å². The monoisotopic (exact) mass is 224 g/mol. The van der Waals surface area contributed by atoms with Crippen LogP contribution in [0.25, 0.3) is 0 Å². The van der Waals surface area contributed by atoms with Crippen LogP contribution in [-0.4, -0.2) is 11.6 Å². The second-order valence-corrected chi connectivity index (χ2v) is 3.80. The molecule has 0 amide bonds. The summed E-state index contributed by atoms with van der Waals surface area (Å²) >= 11 is 0. The van der Waals surface area contributed by atoms with Crippen LogP contribution in [-0.2, 0) is 6.54 Å². The van der Waals surface area contributed by atoms with Crippen LogP contribution in [0, 0.1) is 0 Å². The second kappa shape index (κ2) is 7.06. The molecule has 90 valence electrons. The maximum atomic E-state index is 11.5. The molecule has 0 unspecified atom stereocenters. The van der Waals surface area contributed by atoms with Crippen LogP contribution >= 0.6 is 0 Å². The lowest BCUT2D eigenvalue weighted by molar-refractivity contribution is 0.301. The number of nitrogens with two attached hydrogens (primary N) is 1. The van der Waals surface area contributed by atoms with Crippen molar-refractivity contribution < 1.29 is 4.74 Å². The van der Waals surface area contributed by atoms with Crippen LogP contribution in [0.15, 0.2) is 17.1 Å². The Balaban J connectivity index is 2.39. The smallest absolute Gasteiger partial charge is 0.223 e. The molecule has 0 aliphatic carbocycles. The standard InChI is InChI=1S/C12H20N2O2/c1-2-3-4-5-6-16-12-9-14-10(8-13)7-11(12)15/h7,9H,2-6,8,13H2,1H3,(H,14,15). The minimum absolute atomic E-state index is 0.102. The molecule has 3 N–H and O–H groups in total. The molecule has 0 aliphatic heterocycles. The summed E-state index contributed by atoms with van der Waals surface area (Å²) in [4.78, 5) is 14.4. The van der Waals surface area contributed by atoms with Gasteiger partial charge in [-0.15, -0.1) is 0 Å². The molecule has 4 heteroatoms. The number of nitrogens with one attached hydrogen (secondary N) is 1. The molecule has 1 heterocycles. The first-order valence-corrected chi connectivity index (χ1v) is 5.82. The molecule has 0 saturated carbocycles. The second-order valence-electron chi connectivity index (χ2n) is 3.80. The quantitative estimate of drug-likeness (QED) is 0.694. The van der Waals surface area contributed by atoms with Crippen molar-refractivity contribution in [2.75, 3.05) is 6.61 Å². The summed E-state index contributed by atoms with van der Waals surface area (Å²) in [6, 6.07) is 1.49. The Hall–Kier alpha value is -1.29. The number of aromatic nitrogens is 1. The lowest BCUT2D eigenvalue weighted by Crippen LogP contribution is -2.12. The first-order chi connectivity index (χ1) is 7.77. The molecule has 0 spiro atoms. The molecule has 0 fully saturated rings. The summed E-state index contributed by atoms with van der Waals surface area (Å²) in [5.41, 5.74) is 6.04. The molecule has 1 aromatic heterocycles. The van der Waals surface area contributed by atoms with E-state index in [9.17, 15) is 4.79 Å². The van der Waals surface area contributed by atoms with E-state index < -0.39 is 0 Å². The van der Waals surface area contributed by atoms with Crippen molar-refractivity contribution in [3.05, 3.63) is 28.2 Å². The lowest BCUT2D eigenvalue weighted by atomic mass is 10.2. The SMILES string of the molecule is CCCCCCOc1c[nH]c(CN)cc1=O. The Morgan fingerprint density at radius 2 is 2.19 bits per heavy atom. The van der Waals surface area contributed by atoms with Crippen molar-refractivity contribution in [1.29, 1.82) is 0 Å². The van der Waals surface area contributed by atoms with Gasteiger partial charge in [-0.2, -0.15) is 0 Å². The fourth-order valence-corrected chi connectivity index (χ4v) is 1.44. The fourth-order valence-electron chi connectivity index (χ4n) is 1.44. The Labute approximate surface area is 95.8 Å². The molecule has 0 radical (unpaired) electrons. The summed E-state index contributed by atoms with van der Waals surface area (Å²) in [7, 11) is 0. The molecular formula is C12H20N2O2. The highest BCUT2D eigenvalue weighted by atomic mass is 16.5. The van der Waals surface area contributed by atoms with Gasteiger partial charge in [0.1, 0.15) is 0 Å². The van der Waals surface area contributed by atoms with Gasteiger partial charge in [-0.1, -0.05) is 26.2 Å². The largest absolute Gasteiger partial charge is 0.488 e. The molecule has 0 atom stereocenters. The topological polar surface area (TPSA) is 68.1 Å². The number of H-pyrrole nitrogens is 1. The van der Waals surface area contributed by atoms with Crippen LogP contribution in [0.3, 0.4) is 0 Å². The number of rotatable bonds is 7. The fraction of sp³-hybridized carbons (Fsp3) is 0.583. The van der Waals surface area contributed by atoms with Crippen LogP contribution in [0.2, 0.25) is 0 Å². The maximum absolute atomic E-state index is 11.5. The van der Waals surface area contributed by atoms with E-state index in [2.05, 4.69) is 11.9 Å². The predicted molar refractivity (Wildman–Crippen MR) is 64.6 cm³/mol. The molecule has 1 rings (SSSR count). The zero-order valence-corrected chi connectivity index (χ0v) is 9.79. The van der Waals surface area contributed by atoms with Crippen molar-refractivity contribution in [2.45, 2.75) is 39.2 Å². The first kappa shape index (κ1) is 12.8. The van der Waals surface area contributed by atoms with Crippen LogP contribution < -0.4 is 15.9 Å². The third-order valence-corrected chi connectivity index (χ3v) is 2.41. The Morgan fingerprint density at radius 1 is 1.38 bits per heavy atom. The van der Waals surface area contributed by atoms with Gasteiger partial charge in [0.05, 0.1) is 6.61 Å². The summed E-state index contributed by atoms with van der Waals surface area (Å²) in [5.74, 6) is 0.383. The van der Waals surface area contributed by atoms with E-state index in [4.69, 9.17) is 10.5 Å². The minimum atomic E-state index is -0.102. The summed E-state index contributed by atoms with van der Waals surface area (Å²) in [6.07, 6.45) is 6.14. The summed E-state index contributed by atoms with van der Waals surface area (Å²) in [5, 5.41) is 0. The van der Waals surface area contributed by atoms with Gasteiger partial charge < -0.3 is 15.5 Å². The number of unbranched alkanes of at least 4 members (excludes halogenated alkanes) is 3. The molecule has 4 nitrogen and oxygen atoms in total. The van der Waals surface area contributed by atoms with Crippen molar-refractivity contribution in [3.63, 3.8) is 0 Å². The van der Waals surface area contributed by atoms with Crippen molar-refractivity contribution in [3.8, 4) is 5.75 Å². The van der Waals surface area contributed by atoms with Gasteiger partial charge in [-0.05, 0) is 6.42 Å². The Bertz CT molecular complexity index is 360. The lowest BCUT2D eigenvalue weighted by Gasteiger charge is -2.05. The van der Waals surface area contributed by atoms with Gasteiger partial charge >= 0.3 is 0 Å². The zero-order valence-electron chi connectivity index (χ0n) is 9.79. The van der Waals surface area contributed by atoms with Crippen molar-refractivity contribution >= 4 is 0 Å². The normalized spacial score (nSPS) is 10.4. The minimum Gasteiger partial charge on any atom is -0.488 e.